The molecule has 0 saturated carbocycles. The van der Waals surface area contributed by atoms with Crippen LogP contribution in [-0.4, -0.2) is 53.5 Å². The molecule has 1 fully saturated rings. The highest BCUT2D eigenvalue weighted by Crippen LogP contribution is 2.39. The molecule has 2 aromatic carbocycles. The Hall–Kier alpha value is -2.97. The Morgan fingerprint density at radius 3 is 2.62 bits per heavy atom. The molecule has 0 radical (unpaired) electrons. The molecule has 37 heavy (non-hydrogen) atoms. The number of piperidine rings is 1. The van der Waals surface area contributed by atoms with E-state index in [4.69, 9.17) is 10.5 Å². The van der Waals surface area contributed by atoms with Crippen LogP contribution in [0.15, 0.2) is 54.7 Å². The number of carbonyl (C=O) groups excluding carboxylic acids is 1. The van der Waals surface area contributed by atoms with Gasteiger partial charge in [0.2, 0.25) is 0 Å². The number of fused-ring (bicyclic) bond motifs is 1. The minimum absolute atomic E-state index is 0.0189. The van der Waals surface area contributed by atoms with E-state index in [0.717, 1.165) is 50.8 Å². The van der Waals surface area contributed by atoms with E-state index in [-0.39, 0.29) is 17.1 Å². The van der Waals surface area contributed by atoms with Crippen molar-refractivity contribution in [1.82, 2.24) is 14.8 Å². The number of halogens is 1. The summed E-state index contributed by atoms with van der Waals surface area (Å²) in [5, 5.41) is 0.420. The SMILES string of the molecule is Nc1ncc(C(=O)N2CCC3(CCCCc4ccccc4OCCN(Cc4ccccc4F)C3)CC2)s1. The number of nitrogens with two attached hydrogens (primary N) is 1. The molecule has 3 aromatic rings. The molecule has 2 aliphatic rings. The monoisotopic (exact) mass is 522 g/mol. The van der Waals surface area contributed by atoms with E-state index in [2.05, 4.69) is 22.0 Å². The van der Waals surface area contributed by atoms with Gasteiger partial charge >= 0.3 is 0 Å². The number of thiazole rings is 1. The molecule has 8 heteroatoms. The molecule has 2 N–H and O–H groups in total. The molecule has 6 nitrogen and oxygen atoms in total. The van der Waals surface area contributed by atoms with Gasteiger partial charge in [0.15, 0.2) is 5.13 Å². The molecule has 0 bridgehead atoms. The van der Waals surface area contributed by atoms with Crippen LogP contribution in [0.25, 0.3) is 0 Å². The van der Waals surface area contributed by atoms with Crippen LogP contribution >= 0.6 is 11.3 Å². The van der Waals surface area contributed by atoms with Crippen molar-refractivity contribution < 1.29 is 13.9 Å². The Morgan fingerprint density at radius 2 is 1.84 bits per heavy atom. The zero-order valence-corrected chi connectivity index (χ0v) is 22.0. The third-order valence-electron chi connectivity index (χ3n) is 7.80. The number of hydrogen-bond donors (Lipinski definition) is 1. The van der Waals surface area contributed by atoms with Crippen LogP contribution in [0.2, 0.25) is 0 Å². The van der Waals surface area contributed by atoms with Crippen LogP contribution in [0.3, 0.4) is 0 Å². The zero-order valence-electron chi connectivity index (χ0n) is 21.2. The predicted octanol–water partition coefficient (Wildman–Crippen LogP) is 5.39. The van der Waals surface area contributed by atoms with E-state index in [1.165, 1.54) is 23.0 Å². The lowest BCUT2D eigenvalue weighted by Gasteiger charge is -2.45. The number of ether oxygens (including phenoxy) is 1. The van der Waals surface area contributed by atoms with Gasteiger partial charge in [-0.2, -0.15) is 0 Å². The fourth-order valence-electron chi connectivity index (χ4n) is 5.72. The number of amides is 1. The van der Waals surface area contributed by atoms with E-state index in [9.17, 15) is 9.18 Å². The van der Waals surface area contributed by atoms with E-state index < -0.39 is 0 Å². The maximum absolute atomic E-state index is 14.6. The smallest absolute Gasteiger partial charge is 0.265 e. The third kappa shape index (κ3) is 6.30. The van der Waals surface area contributed by atoms with Crippen LogP contribution in [-0.2, 0) is 13.0 Å². The highest BCUT2D eigenvalue weighted by atomic mass is 32.1. The fourth-order valence-corrected chi connectivity index (χ4v) is 6.37. The van der Waals surface area contributed by atoms with Gasteiger partial charge in [-0.15, -0.1) is 0 Å². The maximum atomic E-state index is 14.6. The summed E-state index contributed by atoms with van der Waals surface area (Å²) in [5.74, 6) is 0.808. The number of rotatable bonds is 3. The van der Waals surface area contributed by atoms with Gasteiger partial charge in [0.05, 0.1) is 6.20 Å². The number of para-hydroxylation sites is 1. The van der Waals surface area contributed by atoms with Gasteiger partial charge in [-0.25, -0.2) is 9.37 Å². The molecule has 0 aliphatic carbocycles. The van der Waals surface area contributed by atoms with Gasteiger partial charge in [0, 0.05) is 38.3 Å². The molecular weight excluding hydrogens is 487 g/mol. The molecule has 1 spiro atoms. The zero-order chi connectivity index (χ0) is 25.7. The molecule has 1 saturated heterocycles. The summed E-state index contributed by atoms with van der Waals surface area (Å²) in [4.78, 5) is 22.0. The normalized spacial score (nSPS) is 18.9. The second-order valence-corrected chi connectivity index (χ2v) is 11.4. The Kier molecular flexibility index (Phi) is 8.05. The Labute approximate surface area is 222 Å². The summed E-state index contributed by atoms with van der Waals surface area (Å²) >= 11 is 1.25. The van der Waals surface area contributed by atoms with Gasteiger partial charge < -0.3 is 15.4 Å². The number of nitrogens with zero attached hydrogens (tertiary/aromatic N) is 3. The van der Waals surface area contributed by atoms with Crippen LogP contribution < -0.4 is 10.5 Å². The van der Waals surface area contributed by atoms with Crippen molar-refractivity contribution in [2.75, 3.05) is 38.5 Å². The maximum Gasteiger partial charge on any atom is 0.265 e. The fraction of sp³-hybridized carbons (Fsp3) is 0.448. The second kappa shape index (κ2) is 11.6. The van der Waals surface area contributed by atoms with Gasteiger partial charge in [0.25, 0.3) is 5.91 Å². The lowest BCUT2D eigenvalue weighted by molar-refractivity contribution is 0.0361. The lowest BCUT2D eigenvalue weighted by Crippen LogP contribution is -2.48. The summed E-state index contributed by atoms with van der Waals surface area (Å²) in [6, 6.07) is 15.3. The topological polar surface area (TPSA) is 71.7 Å². The average Bonchev–Trinajstić information content (AvgIpc) is 3.34. The standard InChI is InChI=1S/C29H35FN4O2S/c30-24-10-3-1-9-23(24)20-33-17-18-36-25-11-4-2-7-22(25)8-5-6-12-29(21-33)13-15-34(16-14-29)27(35)26-19-32-28(31)37-26/h1-4,7,9-11,19H,5-6,8,12-18,20-21H2,(H2,31,32). The van der Waals surface area contributed by atoms with Gasteiger partial charge in [-0.3, -0.25) is 9.69 Å². The Balaban J connectivity index is 1.34. The summed E-state index contributed by atoms with van der Waals surface area (Å²) < 4.78 is 20.8. The molecule has 0 atom stereocenters. The second-order valence-electron chi connectivity index (χ2n) is 10.3. The summed E-state index contributed by atoms with van der Waals surface area (Å²) in [5.41, 5.74) is 7.79. The molecule has 5 rings (SSSR count). The van der Waals surface area contributed by atoms with Crippen molar-refractivity contribution in [2.45, 2.75) is 45.1 Å². The molecule has 0 unspecified atom stereocenters. The van der Waals surface area contributed by atoms with E-state index in [1.54, 1.807) is 12.3 Å². The number of anilines is 1. The minimum Gasteiger partial charge on any atom is -0.492 e. The number of hydrogen-bond acceptors (Lipinski definition) is 6. The molecule has 1 aromatic heterocycles. The van der Waals surface area contributed by atoms with Gasteiger partial charge in [-0.05, 0) is 55.2 Å². The lowest BCUT2D eigenvalue weighted by atomic mass is 9.73. The number of aryl methyl sites for hydroxylation is 1. The molecule has 3 heterocycles. The number of carbonyl (C=O) groups is 1. The minimum atomic E-state index is -0.168. The van der Waals surface area contributed by atoms with Crippen molar-refractivity contribution in [1.29, 1.82) is 0 Å². The number of likely N-dealkylation sites (tertiary alicyclic amines) is 1. The summed E-state index contributed by atoms with van der Waals surface area (Å²) in [7, 11) is 0. The largest absolute Gasteiger partial charge is 0.492 e. The number of nitrogen functional groups attached to an aromatic ring is 1. The van der Waals surface area contributed by atoms with Crippen LogP contribution in [0.1, 0.15) is 52.9 Å². The Morgan fingerprint density at radius 1 is 1.05 bits per heavy atom. The quantitative estimate of drug-likeness (QED) is 0.499. The van der Waals surface area contributed by atoms with Crippen molar-refractivity contribution in [3.63, 3.8) is 0 Å². The first-order valence-corrected chi connectivity index (χ1v) is 14.0. The van der Waals surface area contributed by atoms with Crippen molar-refractivity contribution >= 4 is 22.4 Å². The van der Waals surface area contributed by atoms with Crippen molar-refractivity contribution in [3.8, 4) is 5.75 Å². The predicted molar refractivity (Wildman–Crippen MR) is 145 cm³/mol. The Bertz CT molecular complexity index is 1210. The first kappa shape index (κ1) is 25.7. The average molecular weight is 523 g/mol. The van der Waals surface area contributed by atoms with E-state index in [1.807, 2.05) is 29.2 Å². The summed E-state index contributed by atoms with van der Waals surface area (Å²) in [6.45, 7) is 4.10. The van der Waals surface area contributed by atoms with Crippen LogP contribution in [0.5, 0.6) is 5.75 Å². The first-order valence-electron chi connectivity index (χ1n) is 13.2. The molecule has 1 amide bonds. The van der Waals surface area contributed by atoms with E-state index in [0.29, 0.717) is 48.4 Å². The molecular formula is C29H35FN4O2S. The van der Waals surface area contributed by atoms with Crippen LogP contribution in [0, 0.1) is 11.2 Å². The molecule has 196 valence electrons. The highest BCUT2D eigenvalue weighted by molar-refractivity contribution is 7.17. The van der Waals surface area contributed by atoms with Crippen molar-refractivity contribution in [3.05, 3.63) is 76.5 Å². The van der Waals surface area contributed by atoms with Gasteiger partial charge in [-0.1, -0.05) is 54.2 Å². The summed E-state index contributed by atoms with van der Waals surface area (Å²) in [6.07, 6.45) is 7.74. The first-order chi connectivity index (χ1) is 18.0. The van der Waals surface area contributed by atoms with E-state index >= 15 is 0 Å². The molecule has 2 aliphatic heterocycles. The van der Waals surface area contributed by atoms with Crippen molar-refractivity contribution in [2.24, 2.45) is 5.41 Å². The number of benzene rings is 2. The number of aromatic nitrogens is 1. The third-order valence-corrected chi connectivity index (χ3v) is 8.61. The van der Waals surface area contributed by atoms with Gasteiger partial charge in [0.1, 0.15) is 23.1 Å². The van der Waals surface area contributed by atoms with Crippen LogP contribution in [0.4, 0.5) is 9.52 Å². The highest BCUT2D eigenvalue weighted by Gasteiger charge is 2.37.